The number of amides is 1. The summed E-state index contributed by atoms with van der Waals surface area (Å²) in [5, 5.41) is 23.3. The third-order valence-corrected chi connectivity index (χ3v) is 14.5. The van der Waals surface area contributed by atoms with Crippen molar-refractivity contribution in [3.63, 3.8) is 0 Å². The van der Waals surface area contributed by atoms with Gasteiger partial charge in [0.1, 0.15) is 0 Å². The number of ether oxygens (including phenoxy) is 1. The number of unbranched alkanes of at least 4 members (excludes halogenated alkanes) is 43. The zero-order valence-corrected chi connectivity index (χ0v) is 46.6. The van der Waals surface area contributed by atoms with Crippen molar-refractivity contribution in [1.82, 2.24) is 5.32 Å². The van der Waals surface area contributed by atoms with Crippen LogP contribution in [0.4, 0.5) is 0 Å². The molecule has 0 aliphatic carbocycles. The molecule has 0 saturated carbocycles. The Labute approximate surface area is 431 Å². The van der Waals surface area contributed by atoms with E-state index in [4.69, 9.17) is 4.74 Å². The maximum atomic E-state index is 12.5. The first-order valence-electron chi connectivity index (χ1n) is 31.1. The lowest BCUT2D eigenvalue weighted by molar-refractivity contribution is -0.143. The smallest absolute Gasteiger partial charge is 0.305 e. The first kappa shape index (κ1) is 67.3. The van der Waals surface area contributed by atoms with Gasteiger partial charge in [0.25, 0.3) is 0 Å². The number of carbonyl (C=O) groups is 2. The molecule has 0 saturated heterocycles. The number of carbonyl (C=O) groups excluding carboxylic acids is 2. The Bertz CT molecular complexity index is 1080. The molecule has 0 aromatic rings. The van der Waals surface area contributed by atoms with Crippen LogP contribution in [0.25, 0.3) is 0 Å². The van der Waals surface area contributed by atoms with Gasteiger partial charge >= 0.3 is 5.97 Å². The van der Waals surface area contributed by atoms with Gasteiger partial charge in [-0.1, -0.05) is 301 Å². The lowest BCUT2D eigenvalue weighted by Gasteiger charge is -2.22. The Balaban J connectivity index is 3.35. The second-order valence-electron chi connectivity index (χ2n) is 21.4. The van der Waals surface area contributed by atoms with Crippen LogP contribution in [0.1, 0.15) is 341 Å². The molecule has 2 atom stereocenters. The highest BCUT2D eigenvalue weighted by molar-refractivity contribution is 5.76. The monoisotopic (exact) mass is 972 g/mol. The largest absolute Gasteiger partial charge is 0.466 e. The fourth-order valence-corrected chi connectivity index (χ4v) is 9.72. The first-order valence-corrected chi connectivity index (χ1v) is 31.1. The maximum absolute atomic E-state index is 12.5. The third-order valence-electron chi connectivity index (χ3n) is 14.5. The zero-order chi connectivity index (χ0) is 50.0. The van der Waals surface area contributed by atoms with E-state index >= 15 is 0 Å². The number of esters is 1. The Hall–Kier alpha value is -1.66. The lowest BCUT2D eigenvalue weighted by Crippen LogP contribution is -2.45. The summed E-state index contributed by atoms with van der Waals surface area (Å²) in [6.45, 7) is 4.92. The van der Waals surface area contributed by atoms with E-state index in [1.165, 1.54) is 257 Å². The van der Waals surface area contributed by atoms with E-state index in [9.17, 15) is 19.8 Å². The molecule has 0 radical (unpaired) electrons. The molecule has 0 rings (SSSR count). The molecule has 2 unspecified atom stereocenters. The predicted molar refractivity (Wildman–Crippen MR) is 301 cm³/mol. The summed E-state index contributed by atoms with van der Waals surface area (Å²) >= 11 is 0. The summed E-state index contributed by atoms with van der Waals surface area (Å²) in [6.07, 6.45) is 71.9. The van der Waals surface area contributed by atoms with Crippen LogP contribution in [0, 0.1) is 0 Å². The average Bonchev–Trinajstić information content (AvgIpc) is 3.35. The van der Waals surface area contributed by atoms with E-state index in [1.807, 2.05) is 0 Å². The summed E-state index contributed by atoms with van der Waals surface area (Å²) in [5.74, 6) is -0.0301. The highest BCUT2D eigenvalue weighted by Crippen LogP contribution is 2.18. The first-order chi connectivity index (χ1) is 34.0. The maximum Gasteiger partial charge on any atom is 0.305 e. The van der Waals surface area contributed by atoms with E-state index in [0.29, 0.717) is 25.9 Å². The summed E-state index contributed by atoms with van der Waals surface area (Å²) in [7, 11) is 0. The molecule has 0 aromatic carbocycles. The van der Waals surface area contributed by atoms with Gasteiger partial charge in [0.05, 0.1) is 25.4 Å². The van der Waals surface area contributed by atoms with E-state index in [1.54, 1.807) is 0 Å². The Morgan fingerprint density at radius 3 is 1.14 bits per heavy atom. The molecular formula is C63H121NO5. The molecule has 69 heavy (non-hydrogen) atoms. The molecule has 0 aromatic heterocycles. The Morgan fingerprint density at radius 2 is 0.739 bits per heavy atom. The minimum Gasteiger partial charge on any atom is -0.466 e. The van der Waals surface area contributed by atoms with Crippen LogP contribution in [-0.4, -0.2) is 47.4 Å². The average molecular weight is 973 g/mol. The minimum atomic E-state index is -0.662. The number of aliphatic hydroxyl groups is 2. The van der Waals surface area contributed by atoms with Crippen LogP contribution in [0.2, 0.25) is 0 Å². The second kappa shape index (κ2) is 58.9. The fraction of sp³-hybridized carbons (Fsp3) is 0.905. The standard InChI is InChI=1S/C63H121NO5/c1-3-5-7-9-11-13-15-17-33-37-41-45-49-53-57-63(68)69-58-54-50-46-42-38-34-30-28-26-24-22-20-18-19-21-23-25-27-29-32-36-40-44-48-52-56-62(67)64-60(59-65)61(66)55-51-47-43-39-35-31-16-14-12-10-8-6-4-2/h9,11,15,17,60-61,65-66H,3-8,10,12-14,16,18-59H2,1-2H3,(H,64,67)/b11-9-,17-15-. The topological polar surface area (TPSA) is 95.9 Å². The molecule has 0 bridgehead atoms. The van der Waals surface area contributed by atoms with Gasteiger partial charge in [-0.2, -0.15) is 0 Å². The SMILES string of the molecule is CCCC/C=C\C/C=C\CCCCCCCC(=O)OCCCCCCCCCCCCCCCCCCCCCCCCCCCC(=O)NC(CO)C(O)CCCCCCCCCCCCCCC. The van der Waals surface area contributed by atoms with E-state index in [-0.39, 0.29) is 18.5 Å². The van der Waals surface area contributed by atoms with Crippen LogP contribution in [0.3, 0.4) is 0 Å². The van der Waals surface area contributed by atoms with Crippen LogP contribution in [0.5, 0.6) is 0 Å². The molecule has 408 valence electrons. The van der Waals surface area contributed by atoms with Crippen molar-refractivity contribution in [1.29, 1.82) is 0 Å². The number of aliphatic hydroxyl groups excluding tert-OH is 2. The quantitative estimate of drug-likeness (QED) is 0.0321. The number of rotatable bonds is 58. The minimum absolute atomic E-state index is 0.00200. The van der Waals surface area contributed by atoms with Gasteiger partial charge in [0.2, 0.25) is 5.91 Å². The highest BCUT2D eigenvalue weighted by atomic mass is 16.5. The van der Waals surface area contributed by atoms with Crippen LogP contribution in [-0.2, 0) is 14.3 Å². The van der Waals surface area contributed by atoms with Crippen LogP contribution in [0.15, 0.2) is 24.3 Å². The van der Waals surface area contributed by atoms with Gasteiger partial charge in [0, 0.05) is 12.8 Å². The van der Waals surface area contributed by atoms with Gasteiger partial charge < -0.3 is 20.3 Å². The number of hydrogen-bond donors (Lipinski definition) is 3. The van der Waals surface area contributed by atoms with E-state index in [0.717, 1.165) is 51.4 Å². The summed E-state index contributed by atoms with van der Waals surface area (Å²) < 4.78 is 5.48. The normalized spacial score (nSPS) is 12.7. The van der Waals surface area contributed by atoms with Crippen molar-refractivity contribution in [3.8, 4) is 0 Å². The number of nitrogens with one attached hydrogen (secondary N) is 1. The molecular weight excluding hydrogens is 851 g/mol. The third kappa shape index (κ3) is 55.5. The molecule has 6 heteroatoms. The van der Waals surface area contributed by atoms with Gasteiger partial charge in [-0.15, -0.1) is 0 Å². The fourth-order valence-electron chi connectivity index (χ4n) is 9.72. The Kier molecular flexibility index (Phi) is 57.5. The van der Waals surface area contributed by atoms with Crippen molar-refractivity contribution >= 4 is 11.9 Å². The van der Waals surface area contributed by atoms with Gasteiger partial charge in [0.15, 0.2) is 0 Å². The molecule has 0 aliphatic rings. The van der Waals surface area contributed by atoms with Crippen LogP contribution >= 0.6 is 0 Å². The van der Waals surface area contributed by atoms with Gasteiger partial charge in [-0.25, -0.2) is 0 Å². The predicted octanol–water partition coefficient (Wildman–Crippen LogP) is 19.4. The van der Waals surface area contributed by atoms with E-state index in [2.05, 4.69) is 43.5 Å². The zero-order valence-electron chi connectivity index (χ0n) is 46.6. The molecule has 0 fully saturated rings. The highest BCUT2D eigenvalue weighted by Gasteiger charge is 2.20. The van der Waals surface area contributed by atoms with Gasteiger partial charge in [-0.3, -0.25) is 9.59 Å². The van der Waals surface area contributed by atoms with Crippen molar-refractivity contribution in [2.24, 2.45) is 0 Å². The summed E-state index contributed by atoms with van der Waals surface area (Å²) in [4.78, 5) is 24.5. The second-order valence-corrected chi connectivity index (χ2v) is 21.4. The molecule has 0 aliphatic heterocycles. The Morgan fingerprint density at radius 1 is 0.406 bits per heavy atom. The number of allylic oxidation sites excluding steroid dienone is 4. The number of hydrogen-bond acceptors (Lipinski definition) is 5. The molecule has 6 nitrogen and oxygen atoms in total. The molecule has 0 spiro atoms. The lowest BCUT2D eigenvalue weighted by atomic mass is 10.0. The van der Waals surface area contributed by atoms with E-state index < -0.39 is 12.1 Å². The van der Waals surface area contributed by atoms with Crippen molar-refractivity contribution in [3.05, 3.63) is 24.3 Å². The molecule has 0 heterocycles. The molecule has 1 amide bonds. The van der Waals surface area contributed by atoms with Crippen molar-refractivity contribution < 1.29 is 24.5 Å². The van der Waals surface area contributed by atoms with Crippen molar-refractivity contribution in [2.45, 2.75) is 353 Å². The van der Waals surface area contributed by atoms with Crippen LogP contribution < -0.4 is 5.32 Å². The van der Waals surface area contributed by atoms with Gasteiger partial charge in [-0.05, 0) is 51.4 Å². The summed E-state index contributed by atoms with van der Waals surface area (Å²) in [5.41, 5.74) is 0. The molecule has 3 N–H and O–H groups in total. The summed E-state index contributed by atoms with van der Waals surface area (Å²) in [6, 6.07) is -0.539. The van der Waals surface area contributed by atoms with Crippen molar-refractivity contribution in [2.75, 3.05) is 13.2 Å².